The quantitative estimate of drug-likeness (QED) is 0.859. The van der Waals surface area contributed by atoms with Crippen molar-refractivity contribution in [2.75, 3.05) is 26.3 Å². The predicted octanol–water partition coefficient (Wildman–Crippen LogP) is 2.33. The van der Waals surface area contributed by atoms with Crippen LogP contribution < -0.4 is 0 Å². The number of amides is 1. The highest BCUT2D eigenvalue weighted by atomic mass is 16.7. The van der Waals surface area contributed by atoms with Crippen LogP contribution in [0.3, 0.4) is 0 Å². The number of likely N-dealkylation sites (tertiary alicyclic amines) is 1. The lowest BCUT2D eigenvalue weighted by molar-refractivity contribution is -0.138. The molecule has 0 radical (unpaired) electrons. The summed E-state index contributed by atoms with van der Waals surface area (Å²) in [5.74, 6) is 0.570. The van der Waals surface area contributed by atoms with Crippen molar-refractivity contribution >= 4 is 5.91 Å². The second-order valence-electron chi connectivity index (χ2n) is 6.99. The van der Waals surface area contributed by atoms with E-state index in [2.05, 4.69) is 18.2 Å². The van der Waals surface area contributed by atoms with Crippen LogP contribution in [0.1, 0.15) is 36.0 Å². The Balaban J connectivity index is 1.38. The highest BCUT2D eigenvalue weighted by molar-refractivity contribution is 5.79. The first-order valence-electron chi connectivity index (χ1n) is 8.91. The first-order chi connectivity index (χ1) is 11.3. The summed E-state index contributed by atoms with van der Waals surface area (Å²) in [5.41, 5.74) is 4.07. The molecule has 2 fully saturated rings. The van der Waals surface area contributed by atoms with Crippen LogP contribution >= 0.6 is 0 Å². The molecular weight excluding hydrogens is 290 g/mol. The number of rotatable bonds is 3. The largest absolute Gasteiger partial charge is 0.350 e. The van der Waals surface area contributed by atoms with Crippen LogP contribution in [0.15, 0.2) is 18.2 Å². The summed E-state index contributed by atoms with van der Waals surface area (Å²) < 4.78 is 11.3. The van der Waals surface area contributed by atoms with Gasteiger partial charge >= 0.3 is 0 Å². The summed E-state index contributed by atoms with van der Waals surface area (Å²) >= 11 is 0. The molecule has 2 heterocycles. The summed E-state index contributed by atoms with van der Waals surface area (Å²) in [6.07, 6.45) is 6.16. The summed E-state index contributed by atoms with van der Waals surface area (Å²) in [7, 11) is 0. The van der Waals surface area contributed by atoms with Gasteiger partial charge in [-0.25, -0.2) is 0 Å². The van der Waals surface area contributed by atoms with Gasteiger partial charge in [0, 0.05) is 19.0 Å². The highest BCUT2D eigenvalue weighted by Gasteiger charge is 2.32. The van der Waals surface area contributed by atoms with Gasteiger partial charge in [-0.15, -0.1) is 0 Å². The Labute approximate surface area is 137 Å². The van der Waals surface area contributed by atoms with Gasteiger partial charge in [0.2, 0.25) is 5.91 Å². The van der Waals surface area contributed by atoms with Crippen LogP contribution in [0.2, 0.25) is 0 Å². The van der Waals surface area contributed by atoms with E-state index in [-0.39, 0.29) is 12.2 Å². The lowest BCUT2D eigenvalue weighted by atomic mass is 9.96. The molecule has 0 saturated carbocycles. The number of hydrogen-bond acceptors (Lipinski definition) is 3. The molecule has 0 spiro atoms. The Hall–Kier alpha value is -1.39. The molecule has 23 heavy (non-hydrogen) atoms. The Morgan fingerprint density at radius 2 is 1.96 bits per heavy atom. The molecule has 0 N–H and O–H groups in total. The maximum Gasteiger partial charge on any atom is 0.227 e. The van der Waals surface area contributed by atoms with Crippen molar-refractivity contribution in [3.8, 4) is 0 Å². The lowest BCUT2D eigenvalue weighted by Crippen LogP contribution is -2.44. The van der Waals surface area contributed by atoms with Gasteiger partial charge in [-0.3, -0.25) is 4.79 Å². The van der Waals surface area contributed by atoms with E-state index < -0.39 is 0 Å². The molecule has 1 amide bonds. The number of nitrogens with zero attached hydrogens (tertiary/aromatic N) is 1. The van der Waals surface area contributed by atoms with E-state index >= 15 is 0 Å². The van der Waals surface area contributed by atoms with E-state index in [1.807, 2.05) is 4.90 Å². The number of carbonyl (C=O) groups is 1. The van der Waals surface area contributed by atoms with E-state index in [9.17, 15) is 4.79 Å². The summed E-state index contributed by atoms with van der Waals surface area (Å²) in [6.45, 7) is 3.01. The van der Waals surface area contributed by atoms with E-state index in [1.165, 1.54) is 30.4 Å². The molecule has 124 valence electrons. The second kappa shape index (κ2) is 6.62. The maximum atomic E-state index is 12.7. The molecule has 1 aliphatic carbocycles. The summed E-state index contributed by atoms with van der Waals surface area (Å²) in [5, 5.41) is 0. The predicted molar refractivity (Wildman–Crippen MR) is 87.2 cm³/mol. The van der Waals surface area contributed by atoms with E-state index in [4.69, 9.17) is 9.47 Å². The SMILES string of the molecule is O=C(Cc1ccc2c(c1)CCC2)N1CCCC(C2OCCO2)C1. The fraction of sp³-hybridized carbons (Fsp3) is 0.632. The minimum Gasteiger partial charge on any atom is -0.350 e. The molecule has 2 saturated heterocycles. The summed E-state index contributed by atoms with van der Waals surface area (Å²) in [4.78, 5) is 14.7. The van der Waals surface area contributed by atoms with Crippen LogP contribution in [0.5, 0.6) is 0 Å². The van der Waals surface area contributed by atoms with Crippen LogP contribution in [-0.2, 0) is 33.5 Å². The third-order valence-electron chi connectivity index (χ3n) is 5.36. The number of aryl methyl sites for hydroxylation is 2. The Morgan fingerprint density at radius 3 is 2.83 bits per heavy atom. The molecule has 4 nitrogen and oxygen atoms in total. The average Bonchev–Trinajstić information content (AvgIpc) is 3.26. The van der Waals surface area contributed by atoms with E-state index in [1.54, 1.807) is 0 Å². The molecule has 0 aromatic heterocycles. The van der Waals surface area contributed by atoms with Gasteiger partial charge in [0.25, 0.3) is 0 Å². The van der Waals surface area contributed by atoms with Gasteiger partial charge in [-0.1, -0.05) is 18.2 Å². The molecule has 1 atom stereocenters. The number of ether oxygens (including phenoxy) is 2. The van der Waals surface area contributed by atoms with Crippen molar-refractivity contribution in [2.45, 2.75) is 44.8 Å². The van der Waals surface area contributed by atoms with E-state index in [0.717, 1.165) is 31.5 Å². The maximum absolute atomic E-state index is 12.7. The molecule has 3 aliphatic rings. The Bertz CT molecular complexity index is 580. The number of hydrogen-bond donors (Lipinski definition) is 0. The molecule has 4 heteroatoms. The normalized spacial score (nSPS) is 24.9. The van der Waals surface area contributed by atoms with Crippen molar-refractivity contribution in [3.63, 3.8) is 0 Å². The molecule has 0 bridgehead atoms. The van der Waals surface area contributed by atoms with Gasteiger partial charge in [0.15, 0.2) is 6.29 Å². The zero-order valence-corrected chi connectivity index (χ0v) is 13.6. The van der Waals surface area contributed by atoms with Gasteiger partial charge in [0.1, 0.15) is 0 Å². The molecular formula is C19H25NO3. The first kappa shape index (κ1) is 15.2. The topological polar surface area (TPSA) is 38.8 Å². The number of benzene rings is 1. The van der Waals surface area contributed by atoms with Crippen molar-refractivity contribution in [2.24, 2.45) is 5.92 Å². The Morgan fingerprint density at radius 1 is 1.13 bits per heavy atom. The fourth-order valence-corrected chi connectivity index (χ4v) is 4.13. The lowest BCUT2D eigenvalue weighted by Gasteiger charge is -2.34. The van der Waals surface area contributed by atoms with Gasteiger partial charge < -0.3 is 14.4 Å². The summed E-state index contributed by atoms with van der Waals surface area (Å²) in [6, 6.07) is 6.59. The standard InChI is InChI=1S/C19H25NO3/c21-18(12-14-6-7-15-3-1-4-16(15)11-14)20-8-2-5-17(13-20)19-22-9-10-23-19/h6-7,11,17,19H,1-5,8-10,12-13H2. The zero-order chi connectivity index (χ0) is 15.6. The van der Waals surface area contributed by atoms with Crippen LogP contribution in [0.4, 0.5) is 0 Å². The minimum absolute atomic E-state index is 0.106. The second-order valence-corrected chi connectivity index (χ2v) is 6.99. The fourth-order valence-electron chi connectivity index (χ4n) is 4.13. The molecule has 4 rings (SSSR count). The monoisotopic (exact) mass is 315 g/mol. The van der Waals surface area contributed by atoms with E-state index in [0.29, 0.717) is 25.6 Å². The van der Waals surface area contributed by atoms with Crippen LogP contribution in [-0.4, -0.2) is 43.4 Å². The van der Waals surface area contributed by atoms with Crippen molar-refractivity contribution in [3.05, 3.63) is 34.9 Å². The Kier molecular flexibility index (Phi) is 4.36. The van der Waals surface area contributed by atoms with Crippen LogP contribution in [0.25, 0.3) is 0 Å². The zero-order valence-electron chi connectivity index (χ0n) is 13.6. The molecule has 2 aliphatic heterocycles. The number of carbonyl (C=O) groups excluding carboxylic acids is 1. The number of piperidine rings is 1. The average molecular weight is 315 g/mol. The third kappa shape index (κ3) is 3.29. The third-order valence-corrected chi connectivity index (χ3v) is 5.36. The molecule has 1 unspecified atom stereocenters. The first-order valence-corrected chi connectivity index (χ1v) is 8.91. The van der Waals surface area contributed by atoms with Gasteiger partial charge in [-0.2, -0.15) is 0 Å². The van der Waals surface area contributed by atoms with Gasteiger partial charge in [-0.05, 0) is 48.8 Å². The van der Waals surface area contributed by atoms with Crippen molar-refractivity contribution < 1.29 is 14.3 Å². The van der Waals surface area contributed by atoms with Crippen LogP contribution in [0, 0.1) is 5.92 Å². The van der Waals surface area contributed by atoms with Crippen molar-refractivity contribution in [1.82, 2.24) is 4.90 Å². The van der Waals surface area contributed by atoms with Crippen molar-refractivity contribution in [1.29, 1.82) is 0 Å². The highest BCUT2D eigenvalue weighted by Crippen LogP contribution is 2.26. The molecule has 1 aromatic carbocycles. The smallest absolute Gasteiger partial charge is 0.227 e. The number of fused-ring (bicyclic) bond motifs is 1. The minimum atomic E-state index is -0.106. The van der Waals surface area contributed by atoms with Gasteiger partial charge in [0.05, 0.1) is 19.6 Å². The molecule has 1 aromatic rings.